The van der Waals surface area contributed by atoms with Crippen molar-refractivity contribution in [1.29, 1.82) is 0 Å². The molecule has 3 heterocycles. The Morgan fingerprint density at radius 1 is 1.08 bits per heavy atom. The predicted molar refractivity (Wildman–Crippen MR) is 97.2 cm³/mol. The second-order valence-electron chi connectivity index (χ2n) is 5.52. The summed E-state index contributed by atoms with van der Waals surface area (Å²) in [6, 6.07) is 16.6. The first kappa shape index (κ1) is 15.8. The van der Waals surface area contributed by atoms with E-state index in [4.69, 9.17) is 4.74 Å². The number of anilines is 1. The number of amides is 1. The second kappa shape index (κ2) is 6.64. The number of hydrogen-bond donors (Lipinski definition) is 1. The third kappa shape index (κ3) is 2.86. The maximum atomic E-state index is 12.3. The van der Waals surface area contributed by atoms with Gasteiger partial charge in [-0.15, -0.1) is 5.10 Å². The molecule has 0 aliphatic heterocycles. The fourth-order valence-electron chi connectivity index (χ4n) is 2.65. The van der Waals surface area contributed by atoms with Gasteiger partial charge in [0.15, 0.2) is 11.5 Å². The van der Waals surface area contributed by atoms with E-state index in [-0.39, 0.29) is 5.91 Å². The van der Waals surface area contributed by atoms with E-state index < -0.39 is 0 Å². The Morgan fingerprint density at radius 3 is 2.65 bits per heavy atom. The topological polar surface area (TPSA) is 81.4 Å². The first-order chi connectivity index (χ1) is 12.8. The molecule has 4 rings (SSSR count). The molecule has 26 heavy (non-hydrogen) atoms. The molecule has 0 bridgehead atoms. The number of aromatic nitrogens is 4. The summed E-state index contributed by atoms with van der Waals surface area (Å²) in [5.41, 5.74) is 2.72. The van der Waals surface area contributed by atoms with E-state index in [1.165, 1.54) is 6.20 Å². The van der Waals surface area contributed by atoms with Gasteiger partial charge in [0.2, 0.25) is 5.88 Å². The van der Waals surface area contributed by atoms with Gasteiger partial charge in [0.05, 0.1) is 12.7 Å². The number of nitrogens with one attached hydrogen (secondary N) is 1. The summed E-state index contributed by atoms with van der Waals surface area (Å²) in [5.74, 6) is 0.598. The molecule has 0 spiro atoms. The summed E-state index contributed by atoms with van der Waals surface area (Å²) in [5, 5.41) is 7.28. The zero-order chi connectivity index (χ0) is 17.9. The normalized spacial score (nSPS) is 10.7. The minimum atomic E-state index is -0.279. The molecule has 0 fully saturated rings. The van der Waals surface area contributed by atoms with Crippen molar-refractivity contribution in [2.24, 2.45) is 0 Å². The SMILES string of the molecule is COc1nc2ccc(NC(=O)c3cccnc3)nn2c1-c1ccccc1. The average Bonchev–Trinajstić information content (AvgIpc) is 3.07. The minimum absolute atomic E-state index is 0.279. The highest BCUT2D eigenvalue weighted by Gasteiger charge is 2.17. The van der Waals surface area contributed by atoms with Gasteiger partial charge in [0, 0.05) is 18.0 Å². The van der Waals surface area contributed by atoms with Gasteiger partial charge in [-0.05, 0) is 24.3 Å². The molecule has 128 valence electrons. The third-order valence-electron chi connectivity index (χ3n) is 3.85. The molecular weight excluding hydrogens is 330 g/mol. The van der Waals surface area contributed by atoms with Crippen molar-refractivity contribution in [3.63, 3.8) is 0 Å². The Balaban J connectivity index is 1.76. The quantitative estimate of drug-likeness (QED) is 0.615. The van der Waals surface area contributed by atoms with Gasteiger partial charge in [-0.25, -0.2) is 4.52 Å². The molecule has 0 unspecified atom stereocenters. The molecule has 7 heteroatoms. The lowest BCUT2D eigenvalue weighted by Crippen LogP contribution is -2.14. The molecule has 1 N–H and O–H groups in total. The Labute approximate surface area is 149 Å². The highest BCUT2D eigenvalue weighted by atomic mass is 16.5. The molecule has 4 aromatic rings. The fraction of sp³-hybridized carbons (Fsp3) is 0.0526. The molecule has 0 aliphatic rings. The maximum Gasteiger partial charge on any atom is 0.258 e. The molecule has 0 atom stereocenters. The van der Waals surface area contributed by atoms with E-state index in [1.807, 2.05) is 30.3 Å². The number of methoxy groups -OCH3 is 1. The third-order valence-corrected chi connectivity index (χ3v) is 3.85. The lowest BCUT2D eigenvalue weighted by molar-refractivity contribution is 0.102. The van der Waals surface area contributed by atoms with E-state index in [1.54, 1.807) is 42.1 Å². The van der Waals surface area contributed by atoms with E-state index in [2.05, 4.69) is 20.4 Å². The summed E-state index contributed by atoms with van der Waals surface area (Å²) in [6.07, 6.45) is 3.12. The number of carbonyl (C=O) groups is 1. The van der Waals surface area contributed by atoms with Crippen LogP contribution in [0, 0.1) is 0 Å². The van der Waals surface area contributed by atoms with Crippen LogP contribution in [-0.2, 0) is 0 Å². The molecule has 0 saturated heterocycles. The zero-order valence-corrected chi connectivity index (χ0v) is 14.0. The Kier molecular flexibility index (Phi) is 4.03. The molecular formula is C19H15N5O2. The van der Waals surface area contributed by atoms with E-state index in [0.717, 1.165) is 11.3 Å². The lowest BCUT2D eigenvalue weighted by Gasteiger charge is -2.06. The van der Waals surface area contributed by atoms with Crippen LogP contribution < -0.4 is 10.1 Å². The Hall–Kier alpha value is -3.74. The van der Waals surface area contributed by atoms with Gasteiger partial charge < -0.3 is 10.1 Å². The molecule has 0 radical (unpaired) electrons. The minimum Gasteiger partial charge on any atom is -0.479 e. The molecule has 7 nitrogen and oxygen atoms in total. The molecule has 1 aromatic carbocycles. The zero-order valence-electron chi connectivity index (χ0n) is 14.0. The molecule has 0 aliphatic carbocycles. The van der Waals surface area contributed by atoms with Gasteiger partial charge in [-0.2, -0.15) is 4.98 Å². The van der Waals surface area contributed by atoms with Crippen molar-refractivity contribution in [3.05, 3.63) is 72.6 Å². The summed E-state index contributed by atoms with van der Waals surface area (Å²) in [7, 11) is 1.57. The number of rotatable bonds is 4. The van der Waals surface area contributed by atoms with Crippen LogP contribution >= 0.6 is 0 Å². The summed E-state index contributed by atoms with van der Waals surface area (Å²) in [4.78, 5) is 20.7. The number of benzene rings is 1. The number of fused-ring (bicyclic) bond motifs is 1. The van der Waals surface area contributed by atoms with Crippen molar-refractivity contribution in [1.82, 2.24) is 19.6 Å². The standard InChI is InChI=1S/C19H15N5O2/c1-26-19-17(13-6-3-2-4-7-13)24-16(22-19)10-9-15(23-24)21-18(25)14-8-5-11-20-12-14/h2-12H,1H3,(H,21,23,25). The average molecular weight is 345 g/mol. The summed E-state index contributed by atoms with van der Waals surface area (Å²) in [6.45, 7) is 0. The van der Waals surface area contributed by atoms with Crippen molar-refractivity contribution in [2.75, 3.05) is 12.4 Å². The highest BCUT2D eigenvalue weighted by molar-refractivity contribution is 6.03. The van der Waals surface area contributed by atoms with Crippen molar-refractivity contribution < 1.29 is 9.53 Å². The van der Waals surface area contributed by atoms with Crippen LogP contribution in [0.1, 0.15) is 10.4 Å². The van der Waals surface area contributed by atoms with E-state index in [0.29, 0.717) is 22.9 Å². The largest absolute Gasteiger partial charge is 0.479 e. The van der Waals surface area contributed by atoms with Gasteiger partial charge in [-0.3, -0.25) is 9.78 Å². The Morgan fingerprint density at radius 2 is 1.92 bits per heavy atom. The van der Waals surface area contributed by atoms with Crippen molar-refractivity contribution in [2.45, 2.75) is 0 Å². The molecule has 3 aromatic heterocycles. The van der Waals surface area contributed by atoms with Crippen LogP contribution in [0.25, 0.3) is 16.9 Å². The first-order valence-corrected chi connectivity index (χ1v) is 7.97. The first-order valence-electron chi connectivity index (χ1n) is 7.97. The predicted octanol–water partition coefficient (Wildman–Crippen LogP) is 3.05. The Bertz CT molecular complexity index is 1060. The number of imidazole rings is 1. The molecule has 1 amide bonds. The number of pyridine rings is 1. The van der Waals surface area contributed by atoms with Crippen molar-refractivity contribution in [3.8, 4) is 17.1 Å². The highest BCUT2D eigenvalue weighted by Crippen LogP contribution is 2.30. The van der Waals surface area contributed by atoms with Crippen LogP contribution in [0.4, 0.5) is 5.82 Å². The van der Waals surface area contributed by atoms with Gasteiger partial charge in [0.1, 0.15) is 5.69 Å². The van der Waals surface area contributed by atoms with Crippen LogP contribution in [0.5, 0.6) is 5.88 Å². The van der Waals surface area contributed by atoms with Crippen molar-refractivity contribution >= 4 is 17.4 Å². The van der Waals surface area contributed by atoms with E-state index >= 15 is 0 Å². The lowest BCUT2D eigenvalue weighted by atomic mass is 10.2. The summed E-state index contributed by atoms with van der Waals surface area (Å²) >= 11 is 0. The van der Waals surface area contributed by atoms with Gasteiger partial charge >= 0.3 is 0 Å². The fourth-order valence-corrected chi connectivity index (χ4v) is 2.65. The van der Waals surface area contributed by atoms with Gasteiger partial charge in [0.25, 0.3) is 5.91 Å². The van der Waals surface area contributed by atoms with Crippen LogP contribution in [-0.4, -0.2) is 32.6 Å². The maximum absolute atomic E-state index is 12.3. The second-order valence-corrected chi connectivity index (χ2v) is 5.52. The monoisotopic (exact) mass is 345 g/mol. The number of carbonyl (C=O) groups excluding carboxylic acids is 1. The van der Waals surface area contributed by atoms with Crippen LogP contribution in [0.3, 0.4) is 0 Å². The van der Waals surface area contributed by atoms with Crippen LogP contribution in [0.2, 0.25) is 0 Å². The van der Waals surface area contributed by atoms with Gasteiger partial charge in [-0.1, -0.05) is 30.3 Å². The number of hydrogen-bond acceptors (Lipinski definition) is 5. The number of ether oxygens (including phenoxy) is 1. The summed E-state index contributed by atoms with van der Waals surface area (Å²) < 4.78 is 7.07. The van der Waals surface area contributed by atoms with E-state index in [9.17, 15) is 4.79 Å². The molecule has 0 saturated carbocycles. The number of nitrogens with zero attached hydrogens (tertiary/aromatic N) is 4. The van der Waals surface area contributed by atoms with Crippen LogP contribution in [0.15, 0.2) is 67.0 Å². The smallest absolute Gasteiger partial charge is 0.258 e.